The zero-order valence-electron chi connectivity index (χ0n) is 15.5. The topological polar surface area (TPSA) is 115 Å². The van der Waals surface area contributed by atoms with Crippen LogP contribution in [0.1, 0.15) is 24.9 Å². The molecule has 3 rings (SSSR count). The maximum absolute atomic E-state index is 11.6. The molecule has 1 heterocycles. The number of primary sulfonamides is 1. The van der Waals surface area contributed by atoms with Crippen molar-refractivity contribution < 1.29 is 18.3 Å². The van der Waals surface area contributed by atoms with Crippen molar-refractivity contribution in [1.82, 2.24) is 9.78 Å². The Morgan fingerprint density at radius 1 is 1.11 bits per heavy atom. The van der Waals surface area contributed by atoms with E-state index >= 15 is 0 Å². The minimum absolute atomic E-state index is 0.00420. The van der Waals surface area contributed by atoms with Gasteiger partial charge in [0.05, 0.1) is 4.90 Å². The fraction of sp³-hybridized carbons (Fsp3) is 0.200. The SMILES string of the molecule is CCC(C(=O)O)n1cc(-c2ccc(C)cc2)c(-c2ccc(S(N)(=O)=O)cc2)n1. The normalized spacial score (nSPS) is 12.7. The number of benzene rings is 2. The Morgan fingerprint density at radius 3 is 2.18 bits per heavy atom. The van der Waals surface area contributed by atoms with E-state index in [9.17, 15) is 18.3 Å². The van der Waals surface area contributed by atoms with Gasteiger partial charge in [0.2, 0.25) is 10.0 Å². The Kier molecular flexibility index (Phi) is 5.35. The lowest BCUT2D eigenvalue weighted by atomic mass is 10.0. The van der Waals surface area contributed by atoms with Crippen LogP contribution in [0.25, 0.3) is 22.4 Å². The van der Waals surface area contributed by atoms with E-state index in [1.54, 1.807) is 25.3 Å². The highest BCUT2D eigenvalue weighted by molar-refractivity contribution is 7.89. The molecule has 3 N–H and O–H groups in total. The van der Waals surface area contributed by atoms with Gasteiger partial charge in [-0.05, 0) is 31.0 Å². The number of aliphatic carboxylic acids is 1. The standard InChI is InChI=1S/C20H21N3O4S/c1-3-18(20(24)25)23-12-17(14-6-4-13(2)5-7-14)19(22-23)15-8-10-16(11-9-15)28(21,26)27/h4-12,18H,3H2,1-2H3,(H,24,25)(H2,21,26,27). The number of hydrogen-bond donors (Lipinski definition) is 2. The molecular formula is C20H21N3O4S. The lowest BCUT2D eigenvalue weighted by Gasteiger charge is -2.09. The molecule has 0 radical (unpaired) electrons. The van der Waals surface area contributed by atoms with E-state index in [-0.39, 0.29) is 4.90 Å². The molecule has 0 bridgehead atoms. The molecule has 0 fully saturated rings. The molecule has 0 saturated heterocycles. The summed E-state index contributed by atoms with van der Waals surface area (Å²) in [5.74, 6) is -0.962. The molecule has 7 nitrogen and oxygen atoms in total. The van der Waals surface area contributed by atoms with Gasteiger partial charge in [0.1, 0.15) is 11.7 Å². The third kappa shape index (κ3) is 3.97. The average molecular weight is 399 g/mol. The van der Waals surface area contributed by atoms with Crippen LogP contribution in [-0.4, -0.2) is 29.3 Å². The van der Waals surface area contributed by atoms with Crippen molar-refractivity contribution in [2.45, 2.75) is 31.2 Å². The van der Waals surface area contributed by atoms with E-state index in [0.29, 0.717) is 17.7 Å². The Balaban J connectivity index is 2.16. The van der Waals surface area contributed by atoms with Crippen molar-refractivity contribution in [1.29, 1.82) is 0 Å². The molecule has 146 valence electrons. The number of carboxylic acids is 1. The van der Waals surface area contributed by atoms with Crippen LogP contribution in [0, 0.1) is 6.92 Å². The van der Waals surface area contributed by atoms with Crippen LogP contribution in [0.4, 0.5) is 0 Å². The van der Waals surface area contributed by atoms with Gasteiger partial charge in [-0.2, -0.15) is 5.10 Å². The fourth-order valence-electron chi connectivity index (χ4n) is 2.99. The van der Waals surface area contributed by atoms with Crippen LogP contribution in [0.15, 0.2) is 59.6 Å². The monoisotopic (exact) mass is 399 g/mol. The van der Waals surface area contributed by atoms with E-state index in [0.717, 1.165) is 16.7 Å². The zero-order valence-corrected chi connectivity index (χ0v) is 16.3. The minimum atomic E-state index is -3.80. The first-order chi connectivity index (χ1) is 13.2. The number of hydrogen-bond acceptors (Lipinski definition) is 4. The van der Waals surface area contributed by atoms with E-state index in [1.807, 2.05) is 31.2 Å². The molecule has 1 atom stereocenters. The molecule has 8 heteroatoms. The molecule has 0 aliphatic carbocycles. The molecule has 0 spiro atoms. The second-order valence-corrected chi connectivity index (χ2v) is 8.13. The molecule has 0 aliphatic heterocycles. The van der Waals surface area contributed by atoms with Crippen LogP contribution in [0.3, 0.4) is 0 Å². The molecule has 28 heavy (non-hydrogen) atoms. The van der Waals surface area contributed by atoms with Crippen molar-refractivity contribution in [3.63, 3.8) is 0 Å². The number of aryl methyl sites for hydroxylation is 1. The molecule has 1 unspecified atom stereocenters. The van der Waals surface area contributed by atoms with E-state index in [1.165, 1.54) is 16.8 Å². The third-order valence-corrected chi connectivity index (χ3v) is 5.47. The molecular weight excluding hydrogens is 378 g/mol. The van der Waals surface area contributed by atoms with Crippen molar-refractivity contribution >= 4 is 16.0 Å². The molecule has 1 aromatic heterocycles. The van der Waals surface area contributed by atoms with Crippen molar-refractivity contribution in [2.75, 3.05) is 0 Å². The lowest BCUT2D eigenvalue weighted by molar-refractivity contribution is -0.141. The van der Waals surface area contributed by atoms with Crippen molar-refractivity contribution in [3.05, 3.63) is 60.3 Å². The van der Waals surface area contributed by atoms with Crippen LogP contribution >= 0.6 is 0 Å². The highest BCUT2D eigenvalue weighted by Crippen LogP contribution is 2.33. The molecule has 3 aromatic rings. The Labute approximate surface area is 163 Å². The quantitative estimate of drug-likeness (QED) is 0.660. The second-order valence-electron chi connectivity index (χ2n) is 6.57. The maximum Gasteiger partial charge on any atom is 0.328 e. The maximum atomic E-state index is 11.6. The zero-order chi connectivity index (χ0) is 20.5. The largest absolute Gasteiger partial charge is 0.480 e. The average Bonchev–Trinajstić information content (AvgIpc) is 3.07. The molecule has 0 amide bonds. The van der Waals surface area contributed by atoms with Gasteiger partial charge in [-0.3, -0.25) is 4.68 Å². The predicted octanol–water partition coefficient (Wildman–Crippen LogP) is 3.21. The van der Waals surface area contributed by atoms with Gasteiger partial charge in [0, 0.05) is 17.3 Å². The highest BCUT2D eigenvalue weighted by atomic mass is 32.2. The number of aromatic nitrogens is 2. The highest BCUT2D eigenvalue weighted by Gasteiger charge is 2.22. The van der Waals surface area contributed by atoms with Gasteiger partial charge >= 0.3 is 5.97 Å². The van der Waals surface area contributed by atoms with Crippen molar-refractivity contribution in [3.8, 4) is 22.4 Å². The van der Waals surface area contributed by atoms with Gasteiger partial charge < -0.3 is 5.11 Å². The summed E-state index contributed by atoms with van der Waals surface area (Å²) < 4.78 is 24.4. The number of carboxylic acid groups (broad SMARTS) is 1. The molecule has 0 saturated carbocycles. The van der Waals surface area contributed by atoms with Crippen LogP contribution in [0.5, 0.6) is 0 Å². The predicted molar refractivity (Wildman–Crippen MR) is 106 cm³/mol. The number of rotatable bonds is 6. The lowest BCUT2D eigenvalue weighted by Crippen LogP contribution is -2.18. The van der Waals surface area contributed by atoms with Gasteiger partial charge in [-0.15, -0.1) is 0 Å². The van der Waals surface area contributed by atoms with Gasteiger partial charge in [0.15, 0.2) is 0 Å². The summed E-state index contributed by atoms with van der Waals surface area (Å²) in [7, 11) is -3.80. The summed E-state index contributed by atoms with van der Waals surface area (Å²) in [4.78, 5) is 11.6. The number of carbonyl (C=O) groups is 1. The summed E-state index contributed by atoms with van der Waals surface area (Å²) in [6, 6.07) is 13.1. The first kappa shape index (κ1) is 19.8. The summed E-state index contributed by atoms with van der Waals surface area (Å²) in [5.41, 5.74) is 4.00. The van der Waals surface area contributed by atoms with Gasteiger partial charge in [0.25, 0.3) is 0 Å². The summed E-state index contributed by atoms with van der Waals surface area (Å²) >= 11 is 0. The van der Waals surface area contributed by atoms with Crippen LogP contribution < -0.4 is 5.14 Å². The van der Waals surface area contributed by atoms with Crippen LogP contribution in [-0.2, 0) is 14.8 Å². The van der Waals surface area contributed by atoms with Crippen molar-refractivity contribution in [2.24, 2.45) is 5.14 Å². The number of sulfonamides is 1. The van der Waals surface area contributed by atoms with E-state index < -0.39 is 22.0 Å². The second kappa shape index (κ2) is 7.57. The van der Waals surface area contributed by atoms with Gasteiger partial charge in [-0.25, -0.2) is 18.4 Å². The summed E-state index contributed by atoms with van der Waals surface area (Å²) in [5, 5.41) is 19.2. The third-order valence-electron chi connectivity index (χ3n) is 4.54. The first-order valence-corrected chi connectivity index (χ1v) is 10.3. The van der Waals surface area contributed by atoms with Gasteiger partial charge in [-0.1, -0.05) is 48.9 Å². The number of nitrogens with two attached hydrogens (primary N) is 1. The fourth-order valence-corrected chi connectivity index (χ4v) is 3.50. The smallest absolute Gasteiger partial charge is 0.328 e. The number of nitrogens with zero attached hydrogens (tertiary/aromatic N) is 2. The Bertz CT molecular complexity index is 1100. The first-order valence-electron chi connectivity index (χ1n) is 8.73. The van der Waals surface area contributed by atoms with Crippen LogP contribution in [0.2, 0.25) is 0 Å². The molecule has 0 aliphatic rings. The minimum Gasteiger partial charge on any atom is -0.480 e. The molecule has 2 aromatic carbocycles. The van der Waals surface area contributed by atoms with E-state index in [2.05, 4.69) is 5.10 Å². The summed E-state index contributed by atoms with van der Waals surface area (Å²) in [6.07, 6.45) is 2.10. The Morgan fingerprint density at radius 2 is 1.68 bits per heavy atom. The summed E-state index contributed by atoms with van der Waals surface area (Å²) in [6.45, 7) is 3.77. The Hall–Kier alpha value is -2.97. The van der Waals surface area contributed by atoms with E-state index in [4.69, 9.17) is 5.14 Å².